The molecule has 1 aromatic heterocycles. The van der Waals surface area contributed by atoms with Crippen molar-refractivity contribution in [3.63, 3.8) is 0 Å². The molecule has 0 amide bonds. The first-order valence-corrected chi connectivity index (χ1v) is 7.21. The number of fused-ring (bicyclic) bond motifs is 1. The van der Waals surface area contributed by atoms with Crippen LogP contribution >= 0.6 is 11.3 Å². The SMILES string of the molecule is COc1cc2sccc2cc1[C@@H]1O[C@H](CO)[C@H](O)[C@@H]1O. The summed E-state index contributed by atoms with van der Waals surface area (Å²) in [6, 6.07) is 5.76. The number of aliphatic hydroxyl groups excluding tert-OH is 3. The summed E-state index contributed by atoms with van der Waals surface area (Å²) in [5, 5.41) is 32.1. The van der Waals surface area contributed by atoms with Crippen LogP contribution in [0.2, 0.25) is 0 Å². The monoisotopic (exact) mass is 296 g/mol. The van der Waals surface area contributed by atoms with E-state index < -0.39 is 24.4 Å². The number of rotatable bonds is 3. The van der Waals surface area contributed by atoms with Crippen molar-refractivity contribution in [1.29, 1.82) is 0 Å². The first-order chi connectivity index (χ1) is 9.65. The first kappa shape index (κ1) is 13.8. The Bertz CT molecular complexity index is 611. The highest BCUT2D eigenvalue weighted by Crippen LogP contribution is 2.40. The summed E-state index contributed by atoms with van der Waals surface area (Å²) in [5.41, 5.74) is 0.681. The number of hydrogen-bond donors (Lipinski definition) is 3. The Labute approximate surface area is 120 Å². The molecule has 1 fully saturated rings. The van der Waals surface area contributed by atoms with E-state index in [0.29, 0.717) is 11.3 Å². The summed E-state index contributed by atoms with van der Waals surface area (Å²) in [4.78, 5) is 0. The van der Waals surface area contributed by atoms with Crippen LogP contribution in [0.25, 0.3) is 10.1 Å². The van der Waals surface area contributed by atoms with Crippen LogP contribution in [-0.4, -0.2) is 47.3 Å². The second-order valence-corrected chi connectivity index (χ2v) is 5.76. The molecule has 0 spiro atoms. The molecule has 2 aromatic rings. The lowest BCUT2D eigenvalue weighted by molar-refractivity contribution is -0.0232. The van der Waals surface area contributed by atoms with E-state index in [1.807, 2.05) is 23.6 Å². The van der Waals surface area contributed by atoms with E-state index in [1.165, 1.54) is 0 Å². The Morgan fingerprint density at radius 2 is 2.10 bits per heavy atom. The minimum atomic E-state index is -1.10. The van der Waals surface area contributed by atoms with Crippen molar-refractivity contribution in [3.8, 4) is 5.75 Å². The predicted molar refractivity (Wildman–Crippen MR) is 75.1 cm³/mol. The lowest BCUT2D eigenvalue weighted by atomic mass is 9.99. The molecule has 1 aromatic carbocycles. The van der Waals surface area contributed by atoms with E-state index >= 15 is 0 Å². The summed E-state index contributed by atoms with van der Waals surface area (Å²) in [6.45, 7) is -0.336. The molecular formula is C14H16O5S. The third-order valence-corrected chi connectivity index (χ3v) is 4.53. The van der Waals surface area contributed by atoms with Gasteiger partial charge in [0.1, 0.15) is 30.2 Å². The van der Waals surface area contributed by atoms with Crippen LogP contribution in [-0.2, 0) is 4.74 Å². The van der Waals surface area contributed by atoms with Gasteiger partial charge < -0.3 is 24.8 Å². The van der Waals surface area contributed by atoms with E-state index in [4.69, 9.17) is 14.6 Å². The van der Waals surface area contributed by atoms with Crippen LogP contribution in [0.15, 0.2) is 23.6 Å². The minimum absolute atomic E-state index is 0.336. The van der Waals surface area contributed by atoms with Crippen molar-refractivity contribution in [2.75, 3.05) is 13.7 Å². The summed E-state index contributed by atoms with van der Waals surface area (Å²) in [6.07, 6.45) is -3.68. The molecule has 3 N–H and O–H groups in total. The number of thiophene rings is 1. The van der Waals surface area contributed by atoms with Crippen LogP contribution in [0.5, 0.6) is 5.75 Å². The number of methoxy groups -OCH3 is 1. The zero-order valence-corrected chi connectivity index (χ0v) is 11.7. The summed E-state index contributed by atoms with van der Waals surface area (Å²) in [5.74, 6) is 0.606. The zero-order chi connectivity index (χ0) is 14.3. The highest BCUT2D eigenvalue weighted by Gasteiger charge is 2.44. The highest BCUT2D eigenvalue weighted by atomic mass is 32.1. The van der Waals surface area contributed by atoms with Crippen molar-refractivity contribution >= 4 is 21.4 Å². The first-order valence-electron chi connectivity index (χ1n) is 6.33. The maximum Gasteiger partial charge on any atom is 0.126 e. The third-order valence-electron chi connectivity index (χ3n) is 3.65. The van der Waals surface area contributed by atoms with Gasteiger partial charge in [0.15, 0.2) is 0 Å². The molecule has 1 saturated heterocycles. The van der Waals surface area contributed by atoms with Crippen LogP contribution in [0.4, 0.5) is 0 Å². The Kier molecular flexibility index (Phi) is 3.66. The quantitative estimate of drug-likeness (QED) is 0.789. The second kappa shape index (κ2) is 5.31. The van der Waals surface area contributed by atoms with Gasteiger partial charge in [-0.1, -0.05) is 0 Å². The van der Waals surface area contributed by atoms with Crippen LogP contribution in [0, 0.1) is 0 Å². The molecule has 0 bridgehead atoms. The topological polar surface area (TPSA) is 79.2 Å². The molecule has 0 unspecified atom stereocenters. The van der Waals surface area contributed by atoms with Crippen molar-refractivity contribution in [2.24, 2.45) is 0 Å². The van der Waals surface area contributed by atoms with Crippen molar-refractivity contribution in [1.82, 2.24) is 0 Å². The molecule has 108 valence electrons. The van der Waals surface area contributed by atoms with E-state index in [2.05, 4.69) is 0 Å². The molecule has 6 heteroatoms. The molecule has 2 heterocycles. The molecule has 1 aliphatic heterocycles. The van der Waals surface area contributed by atoms with Gasteiger partial charge in [-0.25, -0.2) is 0 Å². The molecule has 0 saturated carbocycles. The third kappa shape index (κ3) is 2.10. The van der Waals surface area contributed by atoms with Gasteiger partial charge in [0.05, 0.1) is 13.7 Å². The van der Waals surface area contributed by atoms with Gasteiger partial charge >= 0.3 is 0 Å². The summed E-state index contributed by atoms with van der Waals surface area (Å²) < 4.78 is 12.0. The fraction of sp³-hybridized carbons (Fsp3) is 0.429. The number of benzene rings is 1. The predicted octanol–water partition coefficient (Wildman–Crippen LogP) is 1.06. The number of hydrogen-bond acceptors (Lipinski definition) is 6. The largest absolute Gasteiger partial charge is 0.496 e. The fourth-order valence-corrected chi connectivity index (χ4v) is 3.36. The van der Waals surface area contributed by atoms with Crippen LogP contribution in [0.3, 0.4) is 0 Å². The lowest BCUT2D eigenvalue weighted by Crippen LogP contribution is -2.32. The van der Waals surface area contributed by atoms with Gasteiger partial charge in [-0.15, -0.1) is 11.3 Å². The molecule has 0 radical (unpaired) electrons. The molecule has 20 heavy (non-hydrogen) atoms. The maximum absolute atomic E-state index is 10.1. The van der Waals surface area contributed by atoms with E-state index in [0.717, 1.165) is 10.1 Å². The van der Waals surface area contributed by atoms with Gasteiger partial charge in [-0.05, 0) is 29.0 Å². The van der Waals surface area contributed by atoms with Crippen molar-refractivity contribution in [2.45, 2.75) is 24.4 Å². The summed E-state index contributed by atoms with van der Waals surface area (Å²) in [7, 11) is 1.56. The molecule has 3 rings (SSSR count). The number of aliphatic hydroxyl groups is 3. The van der Waals surface area contributed by atoms with Crippen LogP contribution in [0.1, 0.15) is 11.7 Å². The summed E-state index contributed by atoms with van der Waals surface area (Å²) >= 11 is 1.60. The fourth-order valence-electron chi connectivity index (χ4n) is 2.56. The molecule has 0 aliphatic carbocycles. The molecule has 5 nitrogen and oxygen atoms in total. The molecule has 1 aliphatic rings. The average Bonchev–Trinajstić information content (AvgIpc) is 3.03. The Morgan fingerprint density at radius 1 is 1.30 bits per heavy atom. The Hall–Kier alpha value is -1.18. The van der Waals surface area contributed by atoms with Gasteiger partial charge in [-0.3, -0.25) is 0 Å². The normalized spacial score (nSPS) is 30.0. The zero-order valence-electron chi connectivity index (χ0n) is 10.9. The van der Waals surface area contributed by atoms with Gasteiger partial charge in [0.25, 0.3) is 0 Å². The lowest BCUT2D eigenvalue weighted by Gasteiger charge is -2.18. The number of ether oxygens (including phenoxy) is 2. The second-order valence-electron chi connectivity index (χ2n) is 4.81. The molecular weight excluding hydrogens is 280 g/mol. The Balaban J connectivity index is 2.04. The maximum atomic E-state index is 10.1. The van der Waals surface area contributed by atoms with Gasteiger partial charge in [0.2, 0.25) is 0 Å². The Morgan fingerprint density at radius 3 is 2.75 bits per heavy atom. The van der Waals surface area contributed by atoms with E-state index in [-0.39, 0.29) is 6.61 Å². The van der Waals surface area contributed by atoms with E-state index in [9.17, 15) is 10.2 Å². The standard InChI is InChI=1S/C14H16O5S/c1-18-9-5-11-7(2-3-20-11)4-8(9)14-13(17)12(16)10(6-15)19-14/h2-5,10,12-17H,6H2,1H3/t10-,12+,13+,14+/m1/s1. The highest BCUT2D eigenvalue weighted by molar-refractivity contribution is 7.17. The average molecular weight is 296 g/mol. The smallest absolute Gasteiger partial charge is 0.126 e. The molecule has 4 atom stereocenters. The van der Waals surface area contributed by atoms with Gasteiger partial charge in [0, 0.05) is 10.3 Å². The van der Waals surface area contributed by atoms with Crippen LogP contribution < -0.4 is 4.74 Å². The van der Waals surface area contributed by atoms with Crippen molar-refractivity contribution in [3.05, 3.63) is 29.1 Å². The van der Waals surface area contributed by atoms with Gasteiger partial charge in [-0.2, -0.15) is 0 Å². The minimum Gasteiger partial charge on any atom is -0.496 e. The van der Waals surface area contributed by atoms with E-state index in [1.54, 1.807) is 18.4 Å². The van der Waals surface area contributed by atoms with Crippen molar-refractivity contribution < 1.29 is 24.8 Å².